The summed E-state index contributed by atoms with van der Waals surface area (Å²) in [6.07, 6.45) is 1.14. The Morgan fingerprint density at radius 2 is 2.46 bits per heavy atom. The number of rotatable bonds is 2. The lowest BCUT2D eigenvalue weighted by atomic mass is 10.1. The van der Waals surface area contributed by atoms with Crippen molar-refractivity contribution in [3.05, 3.63) is 15.3 Å². The molecule has 1 aromatic rings. The number of nitrogens with zero attached hydrogens (tertiary/aromatic N) is 2. The molecule has 1 aromatic heterocycles. The van der Waals surface area contributed by atoms with E-state index in [9.17, 15) is 0 Å². The highest BCUT2D eigenvalue weighted by molar-refractivity contribution is 9.11. The minimum Gasteiger partial charge on any atom is -0.381 e. The van der Waals surface area contributed by atoms with Crippen LogP contribution in [0.25, 0.3) is 0 Å². The first-order chi connectivity index (χ1) is 6.25. The second-order valence-corrected chi connectivity index (χ2v) is 4.83. The Labute approximate surface area is 93.7 Å². The number of hydrogen-bond donors (Lipinski definition) is 0. The molecule has 0 N–H and O–H groups in total. The molecule has 0 radical (unpaired) electrons. The summed E-state index contributed by atoms with van der Waals surface area (Å²) in [6.45, 7) is 2.70. The van der Waals surface area contributed by atoms with Gasteiger partial charge in [0.05, 0.1) is 6.61 Å². The molecule has 0 bridgehead atoms. The summed E-state index contributed by atoms with van der Waals surface area (Å²) in [4.78, 5) is 0. The van der Waals surface area contributed by atoms with Gasteiger partial charge in [0.25, 0.3) is 0 Å². The molecule has 0 spiro atoms. The topological polar surface area (TPSA) is 27.1 Å². The second kappa shape index (κ2) is 4.11. The minimum atomic E-state index is 0.614. The zero-order valence-corrected chi connectivity index (χ0v) is 10.2. The molecule has 1 aliphatic heterocycles. The van der Waals surface area contributed by atoms with E-state index in [1.165, 1.54) is 0 Å². The lowest BCUT2D eigenvalue weighted by Gasteiger charge is -2.07. The summed E-state index contributed by atoms with van der Waals surface area (Å²) >= 11 is 6.79. The molecule has 3 nitrogen and oxygen atoms in total. The van der Waals surface area contributed by atoms with Crippen molar-refractivity contribution in [2.75, 3.05) is 13.2 Å². The van der Waals surface area contributed by atoms with Crippen molar-refractivity contribution in [3.8, 4) is 0 Å². The predicted molar refractivity (Wildman–Crippen MR) is 56.6 cm³/mol. The zero-order valence-electron chi connectivity index (χ0n) is 7.04. The van der Waals surface area contributed by atoms with Gasteiger partial charge in [0.15, 0.2) is 0 Å². The highest BCUT2D eigenvalue weighted by Gasteiger charge is 2.17. The number of halogens is 2. The molecule has 0 saturated carbocycles. The van der Waals surface area contributed by atoms with Gasteiger partial charge >= 0.3 is 0 Å². The molecule has 1 aliphatic rings. The number of ether oxygens (including phenoxy) is 1. The molecule has 1 unspecified atom stereocenters. The molecule has 72 valence electrons. The van der Waals surface area contributed by atoms with Crippen LogP contribution >= 0.6 is 31.9 Å². The molecule has 13 heavy (non-hydrogen) atoms. The van der Waals surface area contributed by atoms with E-state index in [1.54, 1.807) is 0 Å². The summed E-state index contributed by atoms with van der Waals surface area (Å²) in [5.74, 6) is 0.614. The van der Waals surface area contributed by atoms with Gasteiger partial charge in [-0.15, -0.1) is 0 Å². The Morgan fingerprint density at radius 1 is 1.62 bits per heavy atom. The van der Waals surface area contributed by atoms with Crippen molar-refractivity contribution in [2.24, 2.45) is 5.92 Å². The van der Waals surface area contributed by atoms with E-state index in [1.807, 2.05) is 10.7 Å². The van der Waals surface area contributed by atoms with E-state index < -0.39 is 0 Å². The molecule has 0 amide bonds. The van der Waals surface area contributed by atoms with Crippen LogP contribution in [0, 0.1) is 5.92 Å². The third-order valence-electron chi connectivity index (χ3n) is 2.16. The molecule has 1 atom stereocenters. The molecule has 2 heterocycles. The van der Waals surface area contributed by atoms with E-state index in [0.717, 1.165) is 35.4 Å². The van der Waals surface area contributed by atoms with Gasteiger partial charge in [0.2, 0.25) is 0 Å². The summed E-state index contributed by atoms with van der Waals surface area (Å²) in [5, 5.41) is 4.30. The monoisotopic (exact) mass is 308 g/mol. The van der Waals surface area contributed by atoms with Gasteiger partial charge in [-0.3, -0.25) is 4.68 Å². The predicted octanol–water partition coefficient (Wildman–Crippen LogP) is 2.44. The van der Waals surface area contributed by atoms with Gasteiger partial charge in [-0.05, 0) is 38.3 Å². The Balaban J connectivity index is 2.03. The van der Waals surface area contributed by atoms with Gasteiger partial charge in [-0.25, -0.2) is 0 Å². The Kier molecular flexibility index (Phi) is 3.06. The maximum atomic E-state index is 5.31. The van der Waals surface area contributed by atoms with Crippen LogP contribution < -0.4 is 0 Å². The molecule has 5 heteroatoms. The highest BCUT2D eigenvalue weighted by Crippen LogP contribution is 2.20. The van der Waals surface area contributed by atoms with Crippen LogP contribution in [0.4, 0.5) is 0 Å². The van der Waals surface area contributed by atoms with E-state index in [0.29, 0.717) is 5.92 Å². The molecule has 2 rings (SSSR count). The van der Waals surface area contributed by atoms with Crippen LogP contribution in [0.2, 0.25) is 0 Å². The van der Waals surface area contributed by atoms with Crippen molar-refractivity contribution in [2.45, 2.75) is 13.0 Å². The maximum Gasteiger partial charge on any atom is 0.129 e. The molecular weight excluding hydrogens is 300 g/mol. The minimum absolute atomic E-state index is 0.614. The quantitative estimate of drug-likeness (QED) is 0.839. The van der Waals surface area contributed by atoms with Gasteiger partial charge < -0.3 is 4.74 Å². The molecule has 1 fully saturated rings. The molecule has 1 saturated heterocycles. The van der Waals surface area contributed by atoms with Crippen molar-refractivity contribution in [1.82, 2.24) is 9.78 Å². The van der Waals surface area contributed by atoms with Crippen LogP contribution in [-0.2, 0) is 11.3 Å². The zero-order chi connectivity index (χ0) is 9.26. The highest BCUT2D eigenvalue weighted by atomic mass is 79.9. The Hall–Kier alpha value is 0.130. The lowest BCUT2D eigenvalue weighted by Crippen LogP contribution is -2.11. The van der Waals surface area contributed by atoms with Crippen molar-refractivity contribution in [3.63, 3.8) is 0 Å². The Morgan fingerprint density at radius 3 is 3.00 bits per heavy atom. The fraction of sp³-hybridized carbons (Fsp3) is 0.625. The number of hydrogen-bond acceptors (Lipinski definition) is 2. The standard InChI is InChI=1S/C8H10Br2N2O/c9-7-3-8(10)12(11-7)4-6-1-2-13-5-6/h3,6H,1-2,4-5H2. The summed E-state index contributed by atoms with van der Waals surface area (Å²) < 4.78 is 9.16. The summed E-state index contributed by atoms with van der Waals surface area (Å²) in [6, 6.07) is 1.95. The SMILES string of the molecule is Brc1cc(Br)n(CC2CCOC2)n1. The third kappa shape index (κ3) is 2.33. The van der Waals surface area contributed by atoms with Crippen LogP contribution in [-0.4, -0.2) is 23.0 Å². The van der Waals surface area contributed by atoms with Gasteiger partial charge in [-0.1, -0.05) is 0 Å². The van der Waals surface area contributed by atoms with Crippen LogP contribution in [0.1, 0.15) is 6.42 Å². The average Bonchev–Trinajstić information content (AvgIpc) is 2.63. The second-order valence-electron chi connectivity index (χ2n) is 3.20. The largest absolute Gasteiger partial charge is 0.381 e. The van der Waals surface area contributed by atoms with Crippen LogP contribution in [0.15, 0.2) is 15.3 Å². The van der Waals surface area contributed by atoms with Crippen LogP contribution in [0.5, 0.6) is 0 Å². The van der Waals surface area contributed by atoms with Gasteiger partial charge in [0.1, 0.15) is 9.21 Å². The van der Waals surface area contributed by atoms with Gasteiger partial charge in [0, 0.05) is 25.1 Å². The molecular formula is C8H10Br2N2O. The van der Waals surface area contributed by atoms with E-state index in [-0.39, 0.29) is 0 Å². The smallest absolute Gasteiger partial charge is 0.129 e. The third-order valence-corrected chi connectivity index (χ3v) is 3.18. The summed E-state index contributed by atoms with van der Waals surface area (Å²) in [5.41, 5.74) is 0. The fourth-order valence-electron chi connectivity index (χ4n) is 1.46. The lowest BCUT2D eigenvalue weighted by molar-refractivity contribution is 0.181. The van der Waals surface area contributed by atoms with Crippen molar-refractivity contribution >= 4 is 31.9 Å². The van der Waals surface area contributed by atoms with Gasteiger partial charge in [-0.2, -0.15) is 5.10 Å². The van der Waals surface area contributed by atoms with E-state index >= 15 is 0 Å². The first-order valence-corrected chi connectivity index (χ1v) is 5.81. The van der Waals surface area contributed by atoms with Crippen LogP contribution in [0.3, 0.4) is 0 Å². The summed E-state index contributed by atoms with van der Waals surface area (Å²) in [7, 11) is 0. The normalized spacial score (nSPS) is 22.5. The van der Waals surface area contributed by atoms with Crippen molar-refractivity contribution < 1.29 is 4.74 Å². The molecule has 0 aromatic carbocycles. The van der Waals surface area contributed by atoms with Crippen molar-refractivity contribution in [1.29, 1.82) is 0 Å². The Bertz CT molecular complexity index is 294. The van der Waals surface area contributed by atoms with E-state index in [4.69, 9.17) is 4.74 Å². The number of aromatic nitrogens is 2. The maximum absolute atomic E-state index is 5.31. The first-order valence-electron chi connectivity index (χ1n) is 4.22. The fourth-order valence-corrected chi connectivity index (χ4v) is 2.62. The van der Waals surface area contributed by atoms with E-state index in [2.05, 4.69) is 37.0 Å². The average molecular weight is 310 g/mol. The molecule has 0 aliphatic carbocycles. The first kappa shape index (κ1) is 9.68.